The largest absolute Gasteiger partial charge is 0.325 e. The predicted octanol–water partition coefficient (Wildman–Crippen LogP) is 3.01. The minimum atomic E-state index is 0.00549. The first-order valence-electron chi connectivity index (χ1n) is 5.85. The molecule has 1 N–H and O–H groups in total. The van der Waals surface area contributed by atoms with Gasteiger partial charge in [-0.1, -0.05) is 24.9 Å². The lowest BCUT2D eigenvalue weighted by molar-refractivity contribution is -0.117. The number of hydrogen-bond donors (Lipinski definition) is 1. The van der Waals surface area contributed by atoms with Crippen molar-refractivity contribution >= 4 is 23.2 Å². The highest BCUT2D eigenvalue weighted by molar-refractivity contribution is 6.30. The summed E-state index contributed by atoms with van der Waals surface area (Å²) in [6, 6.07) is 7.12. The molecule has 0 saturated heterocycles. The molecule has 1 amide bonds. The number of nitrogens with zero attached hydrogens (tertiary/aromatic N) is 1. The number of rotatable bonds is 6. The highest BCUT2D eigenvalue weighted by Gasteiger charge is 2.06. The van der Waals surface area contributed by atoms with Crippen LogP contribution in [0, 0.1) is 0 Å². The zero-order valence-corrected chi connectivity index (χ0v) is 11.1. The molecule has 94 valence electrons. The first-order chi connectivity index (χ1) is 8.11. The van der Waals surface area contributed by atoms with Crippen molar-refractivity contribution in [2.45, 2.75) is 19.8 Å². The van der Waals surface area contributed by atoms with Crippen LogP contribution < -0.4 is 5.32 Å². The van der Waals surface area contributed by atoms with Crippen LogP contribution in [0.4, 0.5) is 5.69 Å². The molecule has 1 rings (SSSR count). The van der Waals surface area contributed by atoms with Crippen LogP contribution in [0.15, 0.2) is 24.3 Å². The van der Waals surface area contributed by atoms with Gasteiger partial charge in [0.05, 0.1) is 6.54 Å². The summed E-state index contributed by atoms with van der Waals surface area (Å²) in [6.07, 6.45) is 2.26. The van der Waals surface area contributed by atoms with Crippen LogP contribution in [0.2, 0.25) is 5.02 Å². The first-order valence-corrected chi connectivity index (χ1v) is 6.23. The number of halogens is 1. The number of anilines is 1. The van der Waals surface area contributed by atoms with Gasteiger partial charge in [0.2, 0.25) is 5.91 Å². The van der Waals surface area contributed by atoms with Crippen LogP contribution in [-0.4, -0.2) is 30.9 Å². The maximum atomic E-state index is 11.7. The normalized spacial score (nSPS) is 10.6. The molecule has 0 aliphatic rings. The zero-order valence-electron chi connectivity index (χ0n) is 10.4. The van der Waals surface area contributed by atoms with Gasteiger partial charge in [-0.25, -0.2) is 0 Å². The second kappa shape index (κ2) is 7.30. The Bertz CT molecular complexity index is 351. The molecular weight excluding hydrogens is 236 g/mol. The van der Waals surface area contributed by atoms with Crippen molar-refractivity contribution < 1.29 is 4.79 Å². The Kier molecular flexibility index (Phi) is 6.01. The smallest absolute Gasteiger partial charge is 0.238 e. The van der Waals surface area contributed by atoms with Crippen molar-refractivity contribution in [3.05, 3.63) is 29.3 Å². The summed E-state index contributed by atoms with van der Waals surface area (Å²) in [7, 11) is 1.96. The van der Waals surface area contributed by atoms with E-state index in [9.17, 15) is 4.79 Å². The van der Waals surface area contributed by atoms with E-state index >= 15 is 0 Å². The summed E-state index contributed by atoms with van der Waals surface area (Å²) in [5.74, 6) is 0.00549. The van der Waals surface area contributed by atoms with Gasteiger partial charge in [-0.3, -0.25) is 9.69 Å². The van der Waals surface area contributed by atoms with E-state index in [4.69, 9.17) is 11.6 Å². The topological polar surface area (TPSA) is 32.3 Å². The molecule has 4 heteroatoms. The lowest BCUT2D eigenvalue weighted by atomic mass is 10.3. The molecule has 0 bridgehead atoms. The highest BCUT2D eigenvalue weighted by atomic mass is 35.5. The van der Waals surface area contributed by atoms with E-state index in [0.717, 1.165) is 25.1 Å². The average molecular weight is 255 g/mol. The van der Waals surface area contributed by atoms with Crippen molar-refractivity contribution in [3.63, 3.8) is 0 Å². The van der Waals surface area contributed by atoms with Gasteiger partial charge in [0, 0.05) is 10.7 Å². The first kappa shape index (κ1) is 14.0. The van der Waals surface area contributed by atoms with Crippen molar-refractivity contribution in [1.82, 2.24) is 4.90 Å². The molecule has 1 aromatic carbocycles. The van der Waals surface area contributed by atoms with Gasteiger partial charge in [-0.15, -0.1) is 0 Å². The third-order valence-corrected chi connectivity index (χ3v) is 2.69. The number of amides is 1. The molecule has 0 aliphatic heterocycles. The second-order valence-electron chi connectivity index (χ2n) is 4.15. The van der Waals surface area contributed by atoms with E-state index in [0.29, 0.717) is 11.6 Å². The minimum absolute atomic E-state index is 0.00549. The van der Waals surface area contributed by atoms with Crippen LogP contribution in [0.3, 0.4) is 0 Å². The Balaban J connectivity index is 2.36. The molecule has 0 atom stereocenters. The lowest BCUT2D eigenvalue weighted by Crippen LogP contribution is -2.30. The summed E-state index contributed by atoms with van der Waals surface area (Å²) in [5.41, 5.74) is 0.781. The quantitative estimate of drug-likeness (QED) is 0.846. The number of unbranched alkanes of at least 4 members (excludes halogenated alkanes) is 1. The highest BCUT2D eigenvalue weighted by Crippen LogP contribution is 2.13. The number of hydrogen-bond acceptors (Lipinski definition) is 2. The number of likely N-dealkylation sites (N-methyl/N-ethyl adjacent to an activating group) is 1. The molecule has 0 aromatic heterocycles. The van der Waals surface area contributed by atoms with E-state index in [-0.39, 0.29) is 5.91 Å². The molecule has 0 spiro atoms. The Morgan fingerprint density at radius 3 is 2.59 bits per heavy atom. The van der Waals surface area contributed by atoms with Crippen LogP contribution in [-0.2, 0) is 4.79 Å². The van der Waals surface area contributed by atoms with E-state index in [1.807, 2.05) is 11.9 Å². The molecule has 0 unspecified atom stereocenters. The van der Waals surface area contributed by atoms with Crippen LogP contribution >= 0.6 is 11.6 Å². The van der Waals surface area contributed by atoms with Gasteiger partial charge < -0.3 is 5.32 Å². The number of carbonyl (C=O) groups is 1. The maximum Gasteiger partial charge on any atom is 0.238 e. The van der Waals surface area contributed by atoms with Gasteiger partial charge in [0.1, 0.15) is 0 Å². The summed E-state index contributed by atoms with van der Waals surface area (Å²) >= 11 is 5.77. The predicted molar refractivity (Wildman–Crippen MR) is 72.5 cm³/mol. The lowest BCUT2D eigenvalue weighted by Gasteiger charge is -2.15. The Hall–Kier alpha value is -1.06. The molecule has 0 heterocycles. The van der Waals surface area contributed by atoms with Crippen LogP contribution in [0.25, 0.3) is 0 Å². The Labute approximate surface area is 108 Å². The van der Waals surface area contributed by atoms with Crippen LogP contribution in [0.5, 0.6) is 0 Å². The Morgan fingerprint density at radius 1 is 1.35 bits per heavy atom. The summed E-state index contributed by atoms with van der Waals surface area (Å²) < 4.78 is 0. The molecule has 0 saturated carbocycles. The molecule has 3 nitrogen and oxygen atoms in total. The average Bonchev–Trinajstić information content (AvgIpc) is 2.29. The minimum Gasteiger partial charge on any atom is -0.325 e. The summed E-state index contributed by atoms with van der Waals surface area (Å²) in [6.45, 7) is 3.51. The van der Waals surface area contributed by atoms with E-state index in [1.165, 1.54) is 0 Å². The fourth-order valence-corrected chi connectivity index (χ4v) is 1.61. The fourth-order valence-electron chi connectivity index (χ4n) is 1.49. The molecule has 17 heavy (non-hydrogen) atoms. The van der Waals surface area contributed by atoms with Gasteiger partial charge in [-0.05, 0) is 44.3 Å². The summed E-state index contributed by atoms with van der Waals surface area (Å²) in [4.78, 5) is 13.7. The van der Waals surface area contributed by atoms with Gasteiger partial charge in [-0.2, -0.15) is 0 Å². The van der Waals surface area contributed by atoms with E-state index in [2.05, 4.69) is 12.2 Å². The SMILES string of the molecule is CCCCN(C)CC(=O)Nc1ccc(Cl)cc1. The second-order valence-corrected chi connectivity index (χ2v) is 4.58. The van der Waals surface area contributed by atoms with Crippen molar-refractivity contribution in [1.29, 1.82) is 0 Å². The van der Waals surface area contributed by atoms with Crippen LogP contribution in [0.1, 0.15) is 19.8 Å². The Morgan fingerprint density at radius 2 is 2.00 bits per heavy atom. The number of benzene rings is 1. The monoisotopic (exact) mass is 254 g/mol. The maximum absolute atomic E-state index is 11.7. The number of nitrogens with one attached hydrogen (secondary N) is 1. The zero-order chi connectivity index (χ0) is 12.7. The summed E-state index contributed by atoms with van der Waals surface area (Å²) in [5, 5.41) is 3.51. The third kappa shape index (κ3) is 5.71. The van der Waals surface area contributed by atoms with Gasteiger partial charge in [0.25, 0.3) is 0 Å². The van der Waals surface area contributed by atoms with Gasteiger partial charge in [0.15, 0.2) is 0 Å². The van der Waals surface area contributed by atoms with Crippen molar-refractivity contribution in [2.24, 2.45) is 0 Å². The standard InChI is InChI=1S/C13H19ClN2O/c1-3-4-9-16(2)10-13(17)15-12-7-5-11(14)6-8-12/h5-8H,3-4,9-10H2,1-2H3,(H,15,17). The molecule has 0 radical (unpaired) electrons. The fraction of sp³-hybridized carbons (Fsp3) is 0.462. The van der Waals surface area contributed by atoms with E-state index in [1.54, 1.807) is 24.3 Å². The van der Waals surface area contributed by atoms with E-state index < -0.39 is 0 Å². The third-order valence-electron chi connectivity index (χ3n) is 2.43. The van der Waals surface area contributed by atoms with Crippen molar-refractivity contribution in [3.8, 4) is 0 Å². The molecular formula is C13H19ClN2O. The molecule has 0 fully saturated rings. The molecule has 0 aliphatic carbocycles. The number of carbonyl (C=O) groups excluding carboxylic acids is 1. The van der Waals surface area contributed by atoms with Crippen molar-refractivity contribution in [2.75, 3.05) is 25.5 Å². The molecule has 1 aromatic rings. The van der Waals surface area contributed by atoms with Gasteiger partial charge >= 0.3 is 0 Å².